The molecule has 0 bridgehead atoms. The third-order valence-corrected chi connectivity index (χ3v) is 3.13. The molecule has 0 aliphatic heterocycles. The highest BCUT2D eigenvalue weighted by molar-refractivity contribution is 6.30. The maximum Gasteiger partial charge on any atom is 0.136 e. The van der Waals surface area contributed by atoms with Crippen LogP contribution in [0, 0.1) is 0 Å². The van der Waals surface area contributed by atoms with Gasteiger partial charge < -0.3 is 4.74 Å². The van der Waals surface area contributed by atoms with Gasteiger partial charge in [-0.3, -0.25) is 0 Å². The predicted molar refractivity (Wildman–Crippen MR) is 77.7 cm³/mol. The highest BCUT2D eigenvalue weighted by Crippen LogP contribution is 2.32. The summed E-state index contributed by atoms with van der Waals surface area (Å²) in [6.45, 7) is 6.78. The summed E-state index contributed by atoms with van der Waals surface area (Å²) in [4.78, 5) is 8.45. The maximum atomic E-state index is 6.19. The third-order valence-electron chi connectivity index (χ3n) is 2.83. The molecule has 0 amide bonds. The van der Waals surface area contributed by atoms with Crippen LogP contribution in [-0.2, 0) is 0 Å². The van der Waals surface area contributed by atoms with Gasteiger partial charge in [0, 0.05) is 11.1 Å². The van der Waals surface area contributed by atoms with Crippen molar-refractivity contribution in [2.45, 2.75) is 26.7 Å². The van der Waals surface area contributed by atoms with Gasteiger partial charge in [0.05, 0.1) is 12.3 Å². The van der Waals surface area contributed by atoms with Gasteiger partial charge in [-0.05, 0) is 25.0 Å². The minimum Gasteiger partial charge on any atom is -0.494 e. The predicted octanol–water partition coefficient (Wildman–Crippen LogP) is 4.32. The van der Waals surface area contributed by atoms with Gasteiger partial charge in [0.1, 0.15) is 17.2 Å². The Morgan fingerprint density at radius 1 is 1.26 bits per heavy atom. The fourth-order valence-corrected chi connectivity index (χ4v) is 2.37. The monoisotopic (exact) mass is 276 g/mol. The van der Waals surface area contributed by atoms with Crippen molar-refractivity contribution in [2.24, 2.45) is 0 Å². The molecule has 3 nitrogen and oxygen atoms in total. The number of halogens is 1. The molecule has 0 fully saturated rings. The van der Waals surface area contributed by atoms with Gasteiger partial charge in [-0.1, -0.05) is 37.6 Å². The zero-order valence-corrected chi connectivity index (χ0v) is 12.1. The summed E-state index contributed by atoms with van der Waals surface area (Å²) in [6, 6.07) is 7.88. The van der Waals surface area contributed by atoms with E-state index in [1.807, 2.05) is 31.2 Å². The molecule has 0 aliphatic rings. The van der Waals surface area contributed by atoms with Crippen LogP contribution in [-0.4, -0.2) is 16.6 Å². The molecule has 0 unspecified atom stereocenters. The zero-order valence-electron chi connectivity index (χ0n) is 11.4. The van der Waals surface area contributed by atoms with Gasteiger partial charge in [-0.2, -0.15) is 0 Å². The second kappa shape index (κ2) is 6.02. The lowest BCUT2D eigenvalue weighted by molar-refractivity contribution is 0.340. The van der Waals surface area contributed by atoms with Gasteiger partial charge in [0.25, 0.3) is 0 Å². The van der Waals surface area contributed by atoms with Crippen LogP contribution in [0.4, 0.5) is 0 Å². The normalized spacial score (nSPS) is 10.8. The van der Waals surface area contributed by atoms with Gasteiger partial charge in [-0.25, -0.2) is 9.97 Å². The molecule has 0 N–H and O–H groups in total. The topological polar surface area (TPSA) is 35.0 Å². The average molecular weight is 277 g/mol. The van der Waals surface area contributed by atoms with Crippen LogP contribution in [0.5, 0.6) is 5.75 Å². The molecule has 0 saturated carbocycles. The first-order chi connectivity index (χ1) is 9.13. The van der Waals surface area contributed by atoms with Gasteiger partial charge >= 0.3 is 0 Å². The summed E-state index contributed by atoms with van der Waals surface area (Å²) >= 11 is 6.19. The number of nitrogens with zero attached hydrogens (tertiary/aromatic N) is 2. The van der Waals surface area contributed by atoms with Crippen LogP contribution in [0.2, 0.25) is 5.15 Å². The third kappa shape index (κ3) is 3.04. The Balaban J connectivity index is 2.52. The van der Waals surface area contributed by atoms with Crippen LogP contribution in [0.25, 0.3) is 11.3 Å². The Labute approximate surface area is 118 Å². The summed E-state index contributed by atoms with van der Waals surface area (Å²) in [6.07, 6.45) is 1.50. The highest BCUT2D eigenvalue weighted by Gasteiger charge is 2.15. The molecule has 4 heteroatoms. The van der Waals surface area contributed by atoms with Gasteiger partial charge in [0.2, 0.25) is 0 Å². The van der Waals surface area contributed by atoms with E-state index in [1.54, 1.807) is 0 Å². The van der Waals surface area contributed by atoms with Gasteiger partial charge in [0.15, 0.2) is 0 Å². The Morgan fingerprint density at radius 2 is 2.05 bits per heavy atom. The van der Waals surface area contributed by atoms with Crippen LogP contribution in [0.1, 0.15) is 32.3 Å². The Morgan fingerprint density at radius 3 is 2.74 bits per heavy atom. The fourth-order valence-electron chi connectivity index (χ4n) is 2.02. The molecule has 1 heterocycles. The first kappa shape index (κ1) is 13.8. The Kier molecular flexibility index (Phi) is 4.38. The smallest absolute Gasteiger partial charge is 0.136 e. The van der Waals surface area contributed by atoms with E-state index >= 15 is 0 Å². The van der Waals surface area contributed by atoms with E-state index in [4.69, 9.17) is 16.3 Å². The summed E-state index contributed by atoms with van der Waals surface area (Å²) in [5, 5.41) is 0.516. The molecule has 0 aliphatic carbocycles. The van der Waals surface area contributed by atoms with Crippen molar-refractivity contribution in [2.75, 3.05) is 6.61 Å². The summed E-state index contributed by atoms with van der Waals surface area (Å²) in [5.41, 5.74) is 2.84. The lowest BCUT2D eigenvalue weighted by Crippen LogP contribution is -1.99. The van der Waals surface area contributed by atoms with Crippen molar-refractivity contribution in [1.82, 2.24) is 9.97 Å². The molecule has 0 spiro atoms. The van der Waals surface area contributed by atoms with E-state index in [1.165, 1.54) is 6.33 Å². The van der Waals surface area contributed by atoms with E-state index in [9.17, 15) is 0 Å². The van der Waals surface area contributed by atoms with E-state index in [0.717, 1.165) is 22.6 Å². The summed E-state index contributed by atoms with van der Waals surface area (Å²) in [7, 11) is 0. The number of aromatic nitrogens is 2. The Bertz CT molecular complexity index is 570. The molecule has 2 aromatic rings. The average Bonchev–Trinajstić information content (AvgIpc) is 2.38. The first-order valence-electron chi connectivity index (χ1n) is 6.37. The lowest BCUT2D eigenvalue weighted by atomic mass is 9.98. The first-order valence-corrected chi connectivity index (χ1v) is 6.75. The second-order valence-electron chi connectivity index (χ2n) is 4.54. The van der Waals surface area contributed by atoms with E-state index in [2.05, 4.69) is 23.8 Å². The molecule has 100 valence electrons. The molecule has 0 radical (unpaired) electrons. The quantitative estimate of drug-likeness (QED) is 0.780. The van der Waals surface area contributed by atoms with Gasteiger partial charge in [-0.15, -0.1) is 0 Å². The van der Waals surface area contributed by atoms with Crippen LogP contribution in [0.15, 0.2) is 30.6 Å². The maximum absolute atomic E-state index is 6.19. The van der Waals surface area contributed by atoms with Crippen LogP contribution < -0.4 is 4.74 Å². The van der Waals surface area contributed by atoms with Crippen molar-refractivity contribution < 1.29 is 4.74 Å². The highest BCUT2D eigenvalue weighted by atomic mass is 35.5. The summed E-state index contributed by atoms with van der Waals surface area (Å²) in [5.74, 6) is 1.10. The second-order valence-corrected chi connectivity index (χ2v) is 4.90. The molecule has 1 aromatic heterocycles. The molecule has 1 aromatic carbocycles. The number of rotatable bonds is 4. The largest absolute Gasteiger partial charge is 0.494 e. The molecule has 0 atom stereocenters. The standard InChI is InChI=1S/C15H17ClN2O/c1-4-19-12-7-5-6-11(8-12)14-13(10(2)3)15(16)18-9-17-14/h5-10H,4H2,1-3H3. The number of ether oxygens (including phenoxy) is 1. The minimum atomic E-state index is 0.263. The minimum absolute atomic E-state index is 0.263. The fraction of sp³-hybridized carbons (Fsp3) is 0.333. The number of benzene rings is 1. The molecular weight excluding hydrogens is 260 g/mol. The molecule has 19 heavy (non-hydrogen) atoms. The summed E-state index contributed by atoms with van der Waals surface area (Å²) < 4.78 is 5.52. The Hall–Kier alpha value is -1.61. The molecule has 0 saturated heterocycles. The SMILES string of the molecule is CCOc1cccc(-c2ncnc(Cl)c2C(C)C)c1. The lowest BCUT2D eigenvalue weighted by Gasteiger charge is -2.13. The van der Waals surface area contributed by atoms with Crippen molar-refractivity contribution >= 4 is 11.6 Å². The molecular formula is C15H17ClN2O. The zero-order chi connectivity index (χ0) is 13.8. The van der Waals surface area contributed by atoms with E-state index < -0.39 is 0 Å². The van der Waals surface area contributed by atoms with Crippen molar-refractivity contribution in [3.05, 3.63) is 41.3 Å². The number of hydrogen-bond donors (Lipinski definition) is 0. The van der Waals surface area contributed by atoms with Crippen molar-refractivity contribution in [3.63, 3.8) is 0 Å². The molecule has 2 rings (SSSR count). The van der Waals surface area contributed by atoms with E-state index in [0.29, 0.717) is 11.8 Å². The van der Waals surface area contributed by atoms with Crippen molar-refractivity contribution in [3.8, 4) is 17.0 Å². The van der Waals surface area contributed by atoms with Crippen LogP contribution in [0.3, 0.4) is 0 Å². The van der Waals surface area contributed by atoms with Crippen molar-refractivity contribution in [1.29, 1.82) is 0 Å². The van der Waals surface area contributed by atoms with E-state index in [-0.39, 0.29) is 5.92 Å². The number of hydrogen-bond acceptors (Lipinski definition) is 3. The van der Waals surface area contributed by atoms with Crippen LogP contribution >= 0.6 is 11.6 Å².